The number of benzene rings is 1. The predicted molar refractivity (Wildman–Crippen MR) is 100 cm³/mol. The number of sulfone groups is 1. The quantitative estimate of drug-likeness (QED) is 0.849. The van der Waals surface area contributed by atoms with Crippen LogP contribution < -0.4 is 10.6 Å². The van der Waals surface area contributed by atoms with Gasteiger partial charge in [0.1, 0.15) is 0 Å². The van der Waals surface area contributed by atoms with Crippen molar-refractivity contribution in [2.24, 2.45) is 5.92 Å². The van der Waals surface area contributed by atoms with E-state index < -0.39 is 14.6 Å². The Morgan fingerprint density at radius 3 is 2.62 bits per heavy atom. The van der Waals surface area contributed by atoms with Gasteiger partial charge in [-0.3, -0.25) is 4.79 Å². The fraction of sp³-hybridized carbons (Fsp3) is 0.588. The molecule has 1 saturated heterocycles. The van der Waals surface area contributed by atoms with E-state index in [1.807, 2.05) is 0 Å². The Labute approximate surface area is 150 Å². The number of piperidine rings is 1. The van der Waals surface area contributed by atoms with Gasteiger partial charge in [0.05, 0.1) is 16.4 Å². The van der Waals surface area contributed by atoms with E-state index in [0.29, 0.717) is 17.8 Å². The molecule has 5 nitrogen and oxygen atoms in total. The van der Waals surface area contributed by atoms with E-state index in [-0.39, 0.29) is 30.0 Å². The van der Waals surface area contributed by atoms with Crippen molar-refractivity contribution in [2.45, 2.75) is 44.1 Å². The van der Waals surface area contributed by atoms with E-state index in [2.05, 4.69) is 10.6 Å². The highest BCUT2D eigenvalue weighted by Gasteiger charge is 2.29. The highest BCUT2D eigenvalue weighted by molar-refractivity contribution is 7.91. The monoisotopic (exact) mass is 374 g/mol. The Morgan fingerprint density at radius 1 is 1.33 bits per heavy atom. The third kappa shape index (κ3) is 5.46. The summed E-state index contributed by atoms with van der Waals surface area (Å²) >= 11 is 0. The number of hydrogen-bond acceptors (Lipinski definition) is 4. The van der Waals surface area contributed by atoms with Crippen LogP contribution in [0, 0.1) is 5.92 Å². The van der Waals surface area contributed by atoms with Gasteiger partial charge in [-0.15, -0.1) is 12.4 Å². The molecule has 7 heteroatoms. The Hall–Kier alpha value is -1.11. The van der Waals surface area contributed by atoms with Crippen LogP contribution in [0.3, 0.4) is 0 Å². The minimum absolute atomic E-state index is 0. The molecule has 1 amide bonds. The van der Waals surface area contributed by atoms with E-state index >= 15 is 0 Å². The van der Waals surface area contributed by atoms with Gasteiger partial charge in [-0.2, -0.15) is 0 Å². The van der Waals surface area contributed by atoms with Crippen molar-refractivity contribution < 1.29 is 13.2 Å². The van der Waals surface area contributed by atoms with Crippen molar-refractivity contribution in [3.8, 4) is 0 Å². The van der Waals surface area contributed by atoms with Crippen molar-refractivity contribution >= 4 is 33.8 Å². The second kappa shape index (κ2) is 8.32. The molecule has 24 heavy (non-hydrogen) atoms. The summed E-state index contributed by atoms with van der Waals surface area (Å²) in [5.41, 5.74) is 1.35. The van der Waals surface area contributed by atoms with Gasteiger partial charge in [0.2, 0.25) is 5.91 Å². The van der Waals surface area contributed by atoms with Gasteiger partial charge in [0, 0.05) is 12.2 Å². The van der Waals surface area contributed by atoms with Crippen molar-refractivity contribution in [1.82, 2.24) is 5.32 Å². The van der Waals surface area contributed by atoms with Gasteiger partial charge in [-0.25, -0.2) is 8.42 Å². The highest BCUT2D eigenvalue weighted by atomic mass is 35.5. The van der Waals surface area contributed by atoms with Crippen LogP contribution in [0.15, 0.2) is 24.3 Å². The van der Waals surface area contributed by atoms with Crippen LogP contribution in [0.1, 0.15) is 39.2 Å². The molecule has 1 fully saturated rings. The van der Waals surface area contributed by atoms with Crippen LogP contribution in [0.25, 0.3) is 0 Å². The van der Waals surface area contributed by atoms with E-state index in [9.17, 15) is 13.2 Å². The zero-order chi connectivity index (χ0) is 17.1. The van der Waals surface area contributed by atoms with Crippen LogP contribution in [-0.2, 0) is 20.4 Å². The summed E-state index contributed by atoms with van der Waals surface area (Å²) in [6, 6.07) is 7.10. The molecule has 0 spiro atoms. The first-order valence-electron chi connectivity index (χ1n) is 8.02. The maximum atomic E-state index is 12.3. The lowest BCUT2D eigenvalue weighted by Crippen LogP contribution is -2.37. The average Bonchev–Trinajstić information content (AvgIpc) is 2.47. The van der Waals surface area contributed by atoms with Gasteiger partial charge < -0.3 is 10.6 Å². The number of anilines is 1. The van der Waals surface area contributed by atoms with Crippen molar-refractivity contribution in [3.63, 3.8) is 0 Å². The lowest BCUT2D eigenvalue weighted by molar-refractivity contribution is -0.120. The molecule has 0 aliphatic carbocycles. The Morgan fingerprint density at radius 2 is 2.04 bits per heavy atom. The Balaban J connectivity index is 0.00000288. The van der Waals surface area contributed by atoms with Crippen molar-refractivity contribution in [1.29, 1.82) is 0 Å². The van der Waals surface area contributed by atoms with Crippen LogP contribution in [-0.4, -0.2) is 32.2 Å². The lowest BCUT2D eigenvalue weighted by Gasteiger charge is -2.22. The van der Waals surface area contributed by atoms with Gasteiger partial charge >= 0.3 is 0 Å². The van der Waals surface area contributed by atoms with Gasteiger partial charge in [0.15, 0.2) is 9.84 Å². The molecule has 0 saturated carbocycles. The molecule has 0 radical (unpaired) electrons. The number of amides is 1. The summed E-state index contributed by atoms with van der Waals surface area (Å²) in [7, 11) is -3.24. The smallest absolute Gasteiger partial charge is 0.228 e. The van der Waals surface area contributed by atoms with E-state index in [1.165, 1.54) is 0 Å². The largest absolute Gasteiger partial charge is 0.326 e. The summed E-state index contributed by atoms with van der Waals surface area (Å²) in [5, 5.41) is 6.12. The van der Waals surface area contributed by atoms with E-state index in [0.717, 1.165) is 19.4 Å². The first kappa shape index (κ1) is 20.9. The highest BCUT2D eigenvalue weighted by Crippen LogP contribution is 2.22. The predicted octanol–water partition coefficient (Wildman–Crippen LogP) is 2.76. The maximum absolute atomic E-state index is 12.3. The molecule has 1 aliphatic heterocycles. The van der Waals surface area contributed by atoms with Crippen LogP contribution in [0.4, 0.5) is 5.69 Å². The van der Waals surface area contributed by atoms with E-state index in [4.69, 9.17) is 0 Å². The van der Waals surface area contributed by atoms with E-state index in [1.54, 1.807) is 45.0 Å². The molecule has 2 N–H and O–H groups in total. The topological polar surface area (TPSA) is 75.3 Å². The van der Waals surface area contributed by atoms with Crippen LogP contribution in [0.2, 0.25) is 0 Å². The Bertz CT molecular complexity index is 663. The second-order valence-electron chi connectivity index (χ2n) is 7.10. The van der Waals surface area contributed by atoms with Crippen molar-refractivity contribution in [2.75, 3.05) is 18.4 Å². The number of halogens is 1. The van der Waals surface area contributed by atoms with Gasteiger partial charge in [-0.1, -0.05) is 12.1 Å². The summed E-state index contributed by atoms with van der Waals surface area (Å²) < 4.78 is 23.8. The van der Waals surface area contributed by atoms with Crippen molar-refractivity contribution in [3.05, 3.63) is 29.8 Å². The molecule has 1 aliphatic rings. The summed E-state index contributed by atoms with van der Waals surface area (Å²) in [4.78, 5) is 12.3. The lowest BCUT2D eigenvalue weighted by atomic mass is 9.99. The molecule has 1 unspecified atom stereocenters. The molecule has 0 bridgehead atoms. The first-order chi connectivity index (χ1) is 10.7. The minimum atomic E-state index is -3.24. The second-order valence-corrected chi connectivity index (χ2v) is 9.85. The third-order valence-electron chi connectivity index (χ3n) is 4.15. The zero-order valence-electron chi connectivity index (χ0n) is 14.5. The summed E-state index contributed by atoms with van der Waals surface area (Å²) in [5.74, 6) is -0.0516. The molecule has 136 valence electrons. The van der Waals surface area contributed by atoms with Crippen LogP contribution in [0.5, 0.6) is 0 Å². The number of carbonyl (C=O) groups is 1. The van der Waals surface area contributed by atoms with Gasteiger partial charge in [0.25, 0.3) is 0 Å². The Kier molecular flexibility index (Phi) is 7.25. The fourth-order valence-corrected chi connectivity index (χ4v) is 3.55. The number of rotatable bonds is 4. The molecule has 0 aromatic heterocycles. The standard InChI is InChI=1S/C17H26N2O3S.ClH/c1-17(2,3)23(21,22)12-13-6-4-8-15(10-13)19-16(20)14-7-5-9-18-11-14;/h4,6,8,10,14,18H,5,7,9,11-12H2,1-3H3,(H,19,20);1H. The molecule has 1 heterocycles. The first-order valence-corrected chi connectivity index (χ1v) is 9.67. The van der Waals surface area contributed by atoms with Crippen LogP contribution >= 0.6 is 12.4 Å². The molecule has 2 rings (SSSR count). The molecular weight excluding hydrogens is 348 g/mol. The normalized spacial score (nSPS) is 18.5. The number of hydrogen-bond donors (Lipinski definition) is 2. The fourth-order valence-electron chi connectivity index (χ4n) is 2.49. The summed E-state index contributed by atoms with van der Waals surface area (Å²) in [6.07, 6.45) is 1.89. The minimum Gasteiger partial charge on any atom is -0.326 e. The average molecular weight is 375 g/mol. The van der Waals surface area contributed by atoms with Gasteiger partial charge in [-0.05, 0) is 57.9 Å². The number of nitrogens with one attached hydrogen (secondary N) is 2. The maximum Gasteiger partial charge on any atom is 0.228 e. The molecule has 1 atom stereocenters. The molecular formula is C17H27ClN2O3S. The number of carbonyl (C=O) groups excluding carboxylic acids is 1. The third-order valence-corrected chi connectivity index (χ3v) is 6.73. The molecule has 1 aromatic rings. The molecule has 1 aromatic carbocycles. The SMILES string of the molecule is CC(C)(C)S(=O)(=O)Cc1cccc(NC(=O)C2CCCNC2)c1.Cl. The summed E-state index contributed by atoms with van der Waals surface area (Å²) in [6.45, 7) is 6.76. The zero-order valence-corrected chi connectivity index (χ0v) is 16.1.